The summed E-state index contributed by atoms with van der Waals surface area (Å²) in [5.41, 5.74) is 2.00. The first kappa shape index (κ1) is 10.6. The van der Waals surface area contributed by atoms with E-state index in [2.05, 4.69) is 5.10 Å². The smallest absolute Gasteiger partial charge is 0.265 e. The van der Waals surface area contributed by atoms with Crippen LogP contribution in [0.25, 0.3) is 10.9 Å². The first-order valence-corrected chi connectivity index (χ1v) is 5.31. The van der Waals surface area contributed by atoms with E-state index in [-0.39, 0.29) is 10.6 Å². The van der Waals surface area contributed by atoms with E-state index in [9.17, 15) is 10.1 Å². The van der Waals surface area contributed by atoms with Crippen molar-refractivity contribution in [3.8, 4) is 0 Å². The van der Waals surface area contributed by atoms with Crippen LogP contribution in [-0.4, -0.2) is 14.7 Å². The summed E-state index contributed by atoms with van der Waals surface area (Å²) < 4.78 is 1.87. The van der Waals surface area contributed by atoms with Gasteiger partial charge in [0.2, 0.25) is 0 Å². The second kappa shape index (κ2) is 3.92. The van der Waals surface area contributed by atoms with Crippen molar-refractivity contribution in [1.82, 2.24) is 9.78 Å². The number of fused-ring (bicyclic) bond motifs is 1. The molecule has 0 saturated carbocycles. The van der Waals surface area contributed by atoms with E-state index in [1.807, 2.05) is 18.5 Å². The van der Waals surface area contributed by atoms with Gasteiger partial charge in [-0.05, 0) is 19.4 Å². The summed E-state index contributed by atoms with van der Waals surface area (Å²) >= 11 is 0. The van der Waals surface area contributed by atoms with Crippen LogP contribution in [-0.2, 0) is 13.0 Å². The molecule has 5 heteroatoms. The molecule has 1 aromatic heterocycles. The molecule has 16 heavy (non-hydrogen) atoms. The van der Waals surface area contributed by atoms with Crippen LogP contribution in [0.1, 0.15) is 19.5 Å². The topological polar surface area (TPSA) is 61.0 Å². The van der Waals surface area contributed by atoms with E-state index in [0.29, 0.717) is 0 Å². The number of hydrogen-bond donors (Lipinski definition) is 0. The highest BCUT2D eigenvalue weighted by Gasteiger charge is 2.12. The van der Waals surface area contributed by atoms with Gasteiger partial charge in [-0.1, -0.05) is 6.92 Å². The van der Waals surface area contributed by atoms with Gasteiger partial charge in [-0.25, -0.2) is 0 Å². The first-order chi connectivity index (χ1) is 7.67. The Morgan fingerprint density at radius 1 is 1.44 bits per heavy atom. The molecular weight excluding hydrogens is 206 g/mol. The number of aromatic nitrogens is 2. The Kier molecular flexibility index (Phi) is 2.60. The molecule has 5 nitrogen and oxygen atoms in total. The molecule has 0 unspecified atom stereocenters. The number of hydrogen-bond acceptors (Lipinski definition) is 3. The summed E-state index contributed by atoms with van der Waals surface area (Å²) in [7, 11) is 0. The molecule has 0 saturated heterocycles. The van der Waals surface area contributed by atoms with Crippen molar-refractivity contribution in [2.24, 2.45) is 0 Å². The molecule has 0 fully saturated rings. The molecule has 1 aromatic carbocycles. The third-order valence-corrected chi connectivity index (χ3v) is 2.66. The summed E-state index contributed by atoms with van der Waals surface area (Å²) in [6, 6.07) is 4.89. The van der Waals surface area contributed by atoms with Crippen molar-refractivity contribution in [1.29, 1.82) is 0 Å². The Labute approximate surface area is 92.8 Å². The minimum absolute atomic E-state index is 0.123. The lowest BCUT2D eigenvalue weighted by Gasteiger charge is -1.97. The monoisotopic (exact) mass is 219 g/mol. The quantitative estimate of drug-likeness (QED) is 0.588. The zero-order valence-corrected chi connectivity index (χ0v) is 9.30. The van der Waals surface area contributed by atoms with Gasteiger partial charge in [-0.15, -0.1) is 0 Å². The lowest BCUT2D eigenvalue weighted by atomic mass is 10.1. The van der Waals surface area contributed by atoms with Gasteiger partial charge >= 0.3 is 0 Å². The molecule has 0 N–H and O–H groups in total. The Bertz CT molecular complexity index is 545. The van der Waals surface area contributed by atoms with Gasteiger partial charge in [0.05, 0.1) is 16.1 Å². The standard InChI is InChI=1S/C11H13N3O2/c1-3-10-9-7-8(14(15)16)5-6-11(9)13(4-2)12-10/h5-7H,3-4H2,1-2H3. The van der Waals surface area contributed by atoms with Crippen molar-refractivity contribution in [3.05, 3.63) is 34.0 Å². The maximum Gasteiger partial charge on any atom is 0.270 e. The molecule has 0 aliphatic rings. The Hall–Kier alpha value is -1.91. The van der Waals surface area contributed by atoms with E-state index in [1.54, 1.807) is 12.1 Å². The SMILES string of the molecule is CCc1nn(CC)c2ccc([N+](=O)[O-])cc12. The predicted octanol–water partition coefficient (Wildman–Crippen LogP) is 2.53. The minimum atomic E-state index is -0.373. The van der Waals surface area contributed by atoms with Crippen LogP contribution in [0, 0.1) is 10.1 Å². The second-order valence-electron chi connectivity index (χ2n) is 3.57. The van der Waals surface area contributed by atoms with Crippen molar-refractivity contribution < 1.29 is 4.92 Å². The van der Waals surface area contributed by atoms with Gasteiger partial charge in [0.25, 0.3) is 5.69 Å². The number of benzene rings is 1. The van der Waals surface area contributed by atoms with E-state index < -0.39 is 0 Å². The molecule has 0 atom stereocenters. The van der Waals surface area contributed by atoms with Gasteiger partial charge in [-0.2, -0.15) is 5.10 Å². The molecule has 0 aliphatic heterocycles. The number of nitro groups is 1. The normalized spacial score (nSPS) is 10.9. The number of rotatable bonds is 3. The minimum Gasteiger partial charge on any atom is -0.265 e. The van der Waals surface area contributed by atoms with Crippen LogP contribution in [0.4, 0.5) is 5.69 Å². The number of aryl methyl sites for hydroxylation is 2. The second-order valence-corrected chi connectivity index (χ2v) is 3.57. The van der Waals surface area contributed by atoms with Gasteiger partial charge in [0.1, 0.15) is 0 Å². The van der Waals surface area contributed by atoms with E-state index in [4.69, 9.17) is 0 Å². The molecule has 0 bridgehead atoms. The first-order valence-electron chi connectivity index (χ1n) is 5.31. The summed E-state index contributed by atoms with van der Waals surface area (Å²) in [5.74, 6) is 0. The fraction of sp³-hybridized carbons (Fsp3) is 0.364. The number of non-ortho nitro benzene ring substituents is 1. The van der Waals surface area contributed by atoms with Crippen LogP contribution < -0.4 is 0 Å². The fourth-order valence-electron chi connectivity index (χ4n) is 1.85. The van der Waals surface area contributed by atoms with Gasteiger partial charge < -0.3 is 0 Å². The highest BCUT2D eigenvalue weighted by molar-refractivity contribution is 5.84. The third-order valence-electron chi connectivity index (χ3n) is 2.66. The van der Waals surface area contributed by atoms with E-state index in [1.165, 1.54) is 6.07 Å². The maximum atomic E-state index is 10.7. The van der Waals surface area contributed by atoms with E-state index >= 15 is 0 Å². The van der Waals surface area contributed by atoms with Gasteiger partial charge in [-0.3, -0.25) is 14.8 Å². The van der Waals surface area contributed by atoms with Crippen LogP contribution >= 0.6 is 0 Å². The number of nitro benzene ring substituents is 1. The predicted molar refractivity (Wildman–Crippen MR) is 61.4 cm³/mol. The van der Waals surface area contributed by atoms with Crippen molar-refractivity contribution in [3.63, 3.8) is 0 Å². The van der Waals surface area contributed by atoms with Crippen molar-refractivity contribution >= 4 is 16.6 Å². The largest absolute Gasteiger partial charge is 0.270 e. The van der Waals surface area contributed by atoms with E-state index in [0.717, 1.165) is 29.6 Å². The van der Waals surface area contributed by atoms with Crippen molar-refractivity contribution in [2.45, 2.75) is 26.8 Å². The van der Waals surface area contributed by atoms with Crippen molar-refractivity contribution in [2.75, 3.05) is 0 Å². The van der Waals surface area contributed by atoms with Gasteiger partial charge in [0, 0.05) is 24.1 Å². The molecule has 2 rings (SSSR count). The molecule has 0 amide bonds. The van der Waals surface area contributed by atoms with Crippen LogP contribution in [0.15, 0.2) is 18.2 Å². The highest BCUT2D eigenvalue weighted by Crippen LogP contribution is 2.24. The molecule has 1 heterocycles. The molecule has 0 aliphatic carbocycles. The molecule has 0 spiro atoms. The molecule has 0 radical (unpaired) electrons. The van der Waals surface area contributed by atoms with Gasteiger partial charge in [0.15, 0.2) is 0 Å². The fourth-order valence-corrected chi connectivity index (χ4v) is 1.85. The Morgan fingerprint density at radius 3 is 2.75 bits per heavy atom. The maximum absolute atomic E-state index is 10.7. The van der Waals surface area contributed by atoms with Crippen LogP contribution in [0.2, 0.25) is 0 Å². The summed E-state index contributed by atoms with van der Waals surface area (Å²) in [6.45, 7) is 4.78. The zero-order chi connectivity index (χ0) is 11.7. The zero-order valence-electron chi connectivity index (χ0n) is 9.30. The number of nitrogens with zero attached hydrogens (tertiary/aromatic N) is 3. The summed E-state index contributed by atoms with van der Waals surface area (Å²) in [6.07, 6.45) is 0.782. The van der Waals surface area contributed by atoms with Crippen LogP contribution in [0.3, 0.4) is 0 Å². The molecule has 84 valence electrons. The lowest BCUT2D eigenvalue weighted by Crippen LogP contribution is -1.96. The highest BCUT2D eigenvalue weighted by atomic mass is 16.6. The Balaban J connectivity index is 2.71. The summed E-state index contributed by atoms with van der Waals surface area (Å²) in [4.78, 5) is 10.3. The molecular formula is C11H13N3O2. The Morgan fingerprint density at radius 2 is 2.19 bits per heavy atom. The summed E-state index contributed by atoms with van der Waals surface area (Å²) in [5, 5.41) is 16.0. The third kappa shape index (κ3) is 1.54. The molecule has 2 aromatic rings. The average Bonchev–Trinajstić information content (AvgIpc) is 2.65. The average molecular weight is 219 g/mol. The lowest BCUT2D eigenvalue weighted by molar-refractivity contribution is -0.384. The van der Waals surface area contributed by atoms with Crippen LogP contribution in [0.5, 0.6) is 0 Å².